The zero-order chi connectivity index (χ0) is 15.6. The lowest BCUT2D eigenvalue weighted by molar-refractivity contribution is 0.0937. The van der Waals surface area contributed by atoms with E-state index in [4.69, 9.17) is 0 Å². The van der Waals surface area contributed by atoms with E-state index in [2.05, 4.69) is 50.2 Å². The quantitative estimate of drug-likeness (QED) is 0.584. The molecule has 2 aromatic rings. The van der Waals surface area contributed by atoms with Gasteiger partial charge in [0.2, 0.25) is 0 Å². The number of fused-ring (bicyclic) bond motifs is 2. The van der Waals surface area contributed by atoms with E-state index in [-0.39, 0.29) is 0 Å². The van der Waals surface area contributed by atoms with Crippen molar-refractivity contribution in [3.8, 4) is 0 Å². The normalized spacial score (nSPS) is 38.9. The number of benzene rings is 2. The monoisotopic (exact) mass is 304 g/mol. The third-order valence-electron chi connectivity index (χ3n) is 7.54. The summed E-state index contributed by atoms with van der Waals surface area (Å²) in [4.78, 5) is 0. The van der Waals surface area contributed by atoms with Gasteiger partial charge in [-0.25, -0.2) is 0 Å². The Kier molecular flexibility index (Phi) is 2.97. The molecule has 0 spiro atoms. The fraction of sp³-hybridized carbons (Fsp3) is 0.565. The first-order chi connectivity index (χ1) is 11.1. The Morgan fingerprint density at radius 3 is 2.39 bits per heavy atom. The van der Waals surface area contributed by atoms with Gasteiger partial charge in [0.25, 0.3) is 0 Å². The predicted octanol–water partition coefficient (Wildman–Crippen LogP) is 6.25. The number of hydrogen-bond donors (Lipinski definition) is 0. The molecular formula is C23H28. The number of aryl methyl sites for hydroxylation is 1. The first kappa shape index (κ1) is 14.1. The van der Waals surface area contributed by atoms with Crippen molar-refractivity contribution in [3.63, 3.8) is 0 Å². The Hall–Kier alpha value is -1.30. The Bertz CT molecular complexity index is 758. The van der Waals surface area contributed by atoms with Crippen molar-refractivity contribution in [1.29, 1.82) is 0 Å². The minimum atomic E-state index is 0.481. The van der Waals surface area contributed by atoms with Gasteiger partial charge in [0.05, 0.1) is 0 Å². The molecule has 0 aromatic heterocycles. The highest BCUT2D eigenvalue weighted by molar-refractivity contribution is 5.89. The second-order valence-electron chi connectivity index (χ2n) is 9.04. The molecule has 4 aliphatic carbocycles. The average molecular weight is 304 g/mol. The molecule has 120 valence electrons. The lowest BCUT2D eigenvalue weighted by Crippen LogP contribution is -2.41. The van der Waals surface area contributed by atoms with Gasteiger partial charge in [0.15, 0.2) is 0 Å². The lowest BCUT2D eigenvalue weighted by atomic mass is 9.55. The predicted molar refractivity (Wildman–Crippen MR) is 97.7 cm³/mol. The van der Waals surface area contributed by atoms with Crippen LogP contribution in [0.2, 0.25) is 0 Å². The van der Waals surface area contributed by atoms with Gasteiger partial charge in [0, 0.05) is 0 Å². The second-order valence-corrected chi connectivity index (χ2v) is 9.04. The molecule has 4 bridgehead atoms. The van der Waals surface area contributed by atoms with Crippen LogP contribution in [0.1, 0.15) is 56.6 Å². The first-order valence-corrected chi connectivity index (χ1v) is 9.63. The molecule has 23 heavy (non-hydrogen) atoms. The van der Waals surface area contributed by atoms with Crippen LogP contribution in [0, 0.1) is 30.6 Å². The van der Waals surface area contributed by atoms with Crippen LogP contribution in [0.15, 0.2) is 36.4 Å². The van der Waals surface area contributed by atoms with Gasteiger partial charge in [-0.3, -0.25) is 0 Å². The molecule has 0 amide bonds. The maximum absolute atomic E-state index is 2.54. The van der Waals surface area contributed by atoms with Crippen molar-refractivity contribution < 1.29 is 0 Å². The number of hydrogen-bond acceptors (Lipinski definition) is 0. The molecule has 6 rings (SSSR count). The zero-order valence-electron chi connectivity index (χ0n) is 14.5. The van der Waals surface area contributed by atoms with E-state index in [1.54, 1.807) is 10.9 Å². The maximum atomic E-state index is 2.54. The molecule has 5 unspecified atom stereocenters. The van der Waals surface area contributed by atoms with Gasteiger partial charge >= 0.3 is 0 Å². The fourth-order valence-electron chi connectivity index (χ4n) is 6.76. The van der Waals surface area contributed by atoms with Crippen molar-refractivity contribution >= 4 is 10.8 Å². The molecule has 2 aromatic carbocycles. The van der Waals surface area contributed by atoms with E-state index in [0.717, 1.165) is 23.7 Å². The standard InChI is InChI=1S/C23H28/c1-15-7-8-22(21-6-4-3-5-20(15)21)23-12-17-9-16(2)19(14-23)11-18(10-17)13-23/h3-8,16-19H,9-14H2,1-2H3. The molecule has 0 aliphatic heterocycles. The van der Waals surface area contributed by atoms with Crippen LogP contribution in [0.25, 0.3) is 10.8 Å². The third-order valence-corrected chi connectivity index (χ3v) is 7.54. The topological polar surface area (TPSA) is 0 Å². The van der Waals surface area contributed by atoms with Crippen LogP contribution in [-0.2, 0) is 5.41 Å². The Balaban J connectivity index is 1.71. The largest absolute Gasteiger partial charge is 0.0622 e. The average Bonchev–Trinajstić information content (AvgIpc) is 2.70. The van der Waals surface area contributed by atoms with Crippen LogP contribution in [-0.4, -0.2) is 0 Å². The van der Waals surface area contributed by atoms with E-state index < -0.39 is 0 Å². The lowest BCUT2D eigenvalue weighted by Gasteiger charge is -2.49. The molecule has 4 fully saturated rings. The number of rotatable bonds is 1. The molecule has 4 aliphatic rings. The Labute approximate surface area is 140 Å². The van der Waals surface area contributed by atoms with Gasteiger partial charge in [0.1, 0.15) is 0 Å². The molecule has 4 saturated carbocycles. The highest BCUT2D eigenvalue weighted by Crippen LogP contribution is 2.60. The van der Waals surface area contributed by atoms with Gasteiger partial charge in [-0.05, 0) is 96.4 Å². The van der Waals surface area contributed by atoms with Gasteiger partial charge in [-0.1, -0.05) is 43.3 Å². The van der Waals surface area contributed by atoms with Crippen LogP contribution < -0.4 is 0 Å². The summed E-state index contributed by atoms with van der Waals surface area (Å²) >= 11 is 0. The summed E-state index contributed by atoms with van der Waals surface area (Å²) < 4.78 is 0. The highest BCUT2D eigenvalue weighted by atomic mass is 14.6. The van der Waals surface area contributed by atoms with E-state index in [1.165, 1.54) is 49.5 Å². The molecule has 0 radical (unpaired) electrons. The molecular weight excluding hydrogens is 276 g/mol. The summed E-state index contributed by atoms with van der Waals surface area (Å²) in [5, 5.41) is 3.02. The molecule has 0 saturated heterocycles. The van der Waals surface area contributed by atoms with Crippen molar-refractivity contribution in [1.82, 2.24) is 0 Å². The summed E-state index contributed by atoms with van der Waals surface area (Å²) in [6.07, 6.45) is 8.90. The molecule has 0 heterocycles. The van der Waals surface area contributed by atoms with Crippen molar-refractivity contribution in [2.75, 3.05) is 0 Å². The molecule has 5 atom stereocenters. The zero-order valence-corrected chi connectivity index (χ0v) is 14.5. The maximum Gasteiger partial charge on any atom is -0.00328 e. The van der Waals surface area contributed by atoms with Crippen LogP contribution in [0.3, 0.4) is 0 Å². The smallest absolute Gasteiger partial charge is 0.00328 e. The van der Waals surface area contributed by atoms with Crippen LogP contribution in [0.5, 0.6) is 0 Å². The summed E-state index contributed by atoms with van der Waals surface area (Å²) in [5.74, 6) is 3.90. The molecule has 0 nitrogen and oxygen atoms in total. The van der Waals surface area contributed by atoms with Crippen LogP contribution in [0.4, 0.5) is 0 Å². The van der Waals surface area contributed by atoms with Gasteiger partial charge in [-0.15, -0.1) is 0 Å². The van der Waals surface area contributed by atoms with Crippen molar-refractivity contribution in [2.24, 2.45) is 23.7 Å². The first-order valence-electron chi connectivity index (χ1n) is 9.63. The minimum absolute atomic E-state index is 0.481. The van der Waals surface area contributed by atoms with Crippen molar-refractivity contribution in [3.05, 3.63) is 47.5 Å². The van der Waals surface area contributed by atoms with E-state index in [9.17, 15) is 0 Å². The van der Waals surface area contributed by atoms with E-state index >= 15 is 0 Å². The van der Waals surface area contributed by atoms with Crippen LogP contribution >= 0.6 is 0 Å². The second kappa shape index (κ2) is 4.85. The SMILES string of the molecule is Cc1ccc(C23CC4CC(CC(C2)C(C)C4)C3)c2ccccc12. The Morgan fingerprint density at radius 2 is 1.57 bits per heavy atom. The summed E-state index contributed by atoms with van der Waals surface area (Å²) in [6, 6.07) is 14.0. The molecule has 0 heteroatoms. The summed E-state index contributed by atoms with van der Waals surface area (Å²) in [6.45, 7) is 4.80. The van der Waals surface area contributed by atoms with E-state index in [0.29, 0.717) is 5.41 Å². The van der Waals surface area contributed by atoms with E-state index in [1.807, 2.05) is 0 Å². The third kappa shape index (κ3) is 2.03. The van der Waals surface area contributed by atoms with Gasteiger partial charge < -0.3 is 0 Å². The summed E-state index contributed by atoms with van der Waals surface area (Å²) in [5.41, 5.74) is 3.60. The van der Waals surface area contributed by atoms with Gasteiger partial charge in [-0.2, -0.15) is 0 Å². The minimum Gasteiger partial charge on any atom is -0.0622 e. The fourth-order valence-corrected chi connectivity index (χ4v) is 6.76. The Morgan fingerprint density at radius 1 is 0.826 bits per heavy atom. The summed E-state index contributed by atoms with van der Waals surface area (Å²) in [7, 11) is 0. The highest BCUT2D eigenvalue weighted by Gasteiger charge is 2.51. The van der Waals surface area contributed by atoms with Crippen molar-refractivity contribution in [2.45, 2.75) is 57.8 Å². The molecule has 0 N–H and O–H groups in total.